The van der Waals surface area contributed by atoms with Gasteiger partial charge in [0.2, 0.25) is 0 Å². The average molecular weight is 503 g/mol. The molecule has 1 aliphatic heterocycles. The van der Waals surface area contributed by atoms with Gasteiger partial charge in [-0.25, -0.2) is 4.98 Å². The van der Waals surface area contributed by atoms with E-state index in [-0.39, 0.29) is 11.5 Å². The highest BCUT2D eigenvalue weighted by atomic mass is 32.2. The molecule has 0 atom stereocenters. The van der Waals surface area contributed by atoms with E-state index in [1.807, 2.05) is 49.4 Å². The Morgan fingerprint density at radius 3 is 2.71 bits per heavy atom. The minimum Gasteiger partial charge on any atom is -0.467 e. The van der Waals surface area contributed by atoms with Crippen molar-refractivity contribution in [3.8, 4) is 0 Å². The van der Waals surface area contributed by atoms with Crippen LogP contribution in [-0.4, -0.2) is 31.1 Å². The number of pyridine rings is 1. The van der Waals surface area contributed by atoms with Gasteiger partial charge in [0, 0.05) is 12.7 Å². The van der Waals surface area contributed by atoms with Gasteiger partial charge < -0.3 is 9.73 Å². The molecular weight excluding hydrogens is 480 g/mol. The van der Waals surface area contributed by atoms with Crippen LogP contribution < -0.4 is 10.9 Å². The first-order chi connectivity index (χ1) is 17.0. The Hall–Kier alpha value is -3.69. The Labute approximate surface area is 211 Å². The number of anilines is 1. The molecule has 7 nitrogen and oxygen atoms in total. The standard InChI is InChI=1S/C26H22N4O3S2/c1-17-7-5-12-29-23(17)28-22(27-16-19-10-6-14-33-19)20(24(29)31)15-21-25(32)30(26(34)35-21)13-11-18-8-3-2-4-9-18/h2-10,12,14-15,27H,11,13,16H2,1H3/b21-15-. The van der Waals surface area contributed by atoms with E-state index in [0.29, 0.717) is 51.5 Å². The maximum absolute atomic E-state index is 13.5. The van der Waals surface area contributed by atoms with E-state index in [1.165, 1.54) is 16.2 Å². The number of carbonyl (C=O) groups excluding carboxylic acids is 1. The van der Waals surface area contributed by atoms with Gasteiger partial charge in [0.25, 0.3) is 11.5 Å². The van der Waals surface area contributed by atoms with Gasteiger partial charge in [0.1, 0.15) is 21.5 Å². The molecule has 5 rings (SSSR count). The zero-order chi connectivity index (χ0) is 24.4. The molecule has 0 spiro atoms. The second-order valence-corrected chi connectivity index (χ2v) is 9.74. The predicted molar refractivity (Wildman–Crippen MR) is 142 cm³/mol. The third-order valence-electron chi connectivity index (χ3n) is 5.71. The topological polar surface area (TPSA) is 79.9 Å². The number of amides is 1. The van der Waals surface area contributed by atoms with Crippen LogP contribution in [0, 0.1) is 6.92 Å². The summed E-state index contributed by atoms with van der Waals surface area (Å²) < 4.78 is 7.38. The lowest BCUT2D eigenvalue weighted by molar-refractivity contribution is -0.122. The number of benzene rings is 1. The molecule has 1 N–H and O–H groups in total. The van der Waals surface area contributed by atoms with Gasteiger partial charge in [-0.05, 0) is 48.7 Å². The summed E-state index contributed by atoms with van der Waals surface area (Å²) >= 11 is 6.69. The van der Waals surface area contributed by atoms with Crippen LogP contribution in [0.2, 0.25) is 0 Å². The molecule has 0 saturated carbocycles. The lowest BCUT2D eigenvalue weighted by Crippen LogP contribution is -2.30. The number of furan rings is 1. The zero-order valence-electron chi connectivity index (χ0n) is 18.9. The fourth-order valence-electron chi connectivity index (χ4n) is 3.87. The van der Waals surface area contributed by atoms with E-state index in [1.54, 1.807) is 35.6 Å². The summed E-state index contributed by atoms with van der Waals surface area (Å²) in [4.78, 5) is 33.4. The molecule has 4 aromatic rings. The summed E-state index contributed by atoms with van der Waals surface area (Å²) in [6, 6.07) is 17.3. The van der Waals surface area contributed by atoms with Crippen molar-refractivity contribution in [2.75, 3.05) is 11.9 Å². The van der Waals surface area contributed by atoms with Crippen molar-refractivity contribution >= 4 is 51.7 Å². The molecule has 0 radical (unpaired) electrons. The fraction of sp³-hybridized carbons (Fsp3) is 0.154. The Morgan fingerprint density at radius 2 is 1.94 bits per heavy atom. The van der Waals surface area contributed by atoms with Crippen molar-refractivity contribution in [3.63, 3.8) is 0 Å². The normalized spacial score (nSPS) is 14.9. The lowest BCUT2D eigenvalue weighted by Gasteiger charge is -2.14. The zero-order valence-corrected chi connectivity index (χ0v) is 20.6. The van der Waals surface area contributed by atoms with Gasteiger partial charge in [-0.15, -0.1) is 0 Å². The number of aromatic nitrogens is 2. The van der Waals surface area contributed by atoms with Crippen LogP contribution in [0.5, 0.6) is 0 Å². The van der Waals surface area contributed by atoms with Crippen molar-refractivity contribution in [2.45, 2.75) is 19.9 Å². The molecule has 1 aliphatic rings. The van der Waals surface area contributed by atoms with Crippen molar-refractivity contribution in [1.82, 2.24) is 14.3 Å². The fourth-order valence-corrected chi connectivity index (χ4v) is 5.16. The average Bonchev–Trinajstić information content (AvgIpc) is 3.47. The number of hydrogen-bond donors (Lipinski definition) is 1. The summed E-state index contributed by atoms with van der Waals surface area (Å²) in [6.07, 6.45) is 5.55. The molecule has 1 aromatic carbocycles. The maximum atomic E-state index is 13.5. The number of thioether (sulfide) groups is 1. The molecule has 1 saturated heterocycles. The summed E-state index contributed by atoms with van der Waals surface area (Å²) in [5, 5.41) is 3.20. The molecule has 3 aromatic heterocycles. The van der Waals surface area contributed by atoms with Crippen LogP contribution >= 0.6 is 24.0 Å². The molecule has 1 fully saturated rings. The summed E-state index contributed by atoms with van der Waals surface area (Å²) in [7, 11) is 0. The van der Waals surface area contributed by atoms with Crippen molar-refractivity contribution in [1.29, 1.82) is 0 Å². The van der Waals surface area contributed by atoms with Crippen molar-refractivity contribution in [2.24, 2.45) is 0 Å². The Bertz CT molecular complexity index is 1490. The van der Waals surface area contributed by atoms with Gasteiger partial charge in [-0.1, -0.05) is 60.4 Å². The highest BCUT2D eigenvalue weighted by molar-refractivity contribution is 8.26. The number of nitrogens with one attached hydrogen (secondary N) is 1. The Morgan fingerprint density at radius 1 is 1.11 bits per heavy atom. The first-order valence-corrected chi connectivity index (χ1v) is 12.3. The van der Waals surface area contributed by atoms with Crippen LogP contribution in [0.4, 0.5) is 5.82 Å². The molecular formula is C26H22N4O3S2. The number of carbonyl (C=O) groups is 1. The largest absolute Gasteiger partial charge is 0.467 e. The van der Waals surface area contributed by atoms with Crippen LogP contribution in [0.1, 0.15) is 22.5 Å². The number of thiocarbonyl (C=S) groups is 1. The molecule has 176 valence electrons. The van der Waals surface area contributed by atoms with E-state index in [0.717, 1.165) is 11.1 Å². The van der Waals surface area contributed by atoms with Crippen LogP contribution in [0.25, 0.3) is 11.7 Å². The minimum absolute atomic E-state index is 0.207. The summed E-state index contributed by atoms with van der Waals surface area (Å²) in [5.41, 5.74) is 2.57. The first kappa shape index (κ1) is 23.1. The molecule has 35 heavy (non-hydrogen) atoms. The first-order valence-electron chi connectivity index (χ1n) is 11.1. The van der Waals surface area contributed by atoms with Crippen LogP contribution in [0.3, 0.4) is 0 Å². The molecule has 9 heteroatoms. The smallest absolute Gasteiger partial charge is 0.267 e. The van der Waals surface area contributed by atoms with Gasteiger partial charge in [0.05, 0.1) is 23.3 Å². The number of nitrogens with zero attached hydrogens (tertiary/aromatic N) is 3. The molecule has 1 amide bonds. The van der Waals surface area contributed by atoms with E-state index >= 15 is 0 Å². The van der Waals surface area contributed by atoms with Crippen molar-refractivity contribution in [3.05, 3.63) is 105 Å². The lowest BCUT2D eigenvalue weighted by atomic mass is 10.1. The van der Waals surface area contributed by atoms with Gasteiger partial charge >= 0.3 is 0 Å². The third kappa shape index (κ3) is 4.78. The number of rotatable bonds is 7. The highest BCUT2D eigenvalue weighted by Gasteiger charge is 2.32. The quantitative estimate of drug-likeness (QED) is 0.291. The third-order valence-corrected chi connectivity index (χ3v) is 7.09. The predicted octanol–water partition coefficient (Wildman–Crippen LogP) is 4.65. The van der Waals surface area contributed by atoms with Gasteiger partial charge in [0.15, 0.2) is 0 Å². The Kier molecular flexibility index (Phi) is 6.52. The Balaban J connectivity index is 1.49. The molecule has 0 aliphatic carbocycles. The van der Waals surface area contributed by atoms with Gasteiger partial charge in [-0.3, -0.25) is 18.9 Å². The SMILES string of the molecule is Cc1cccn2c(=O)c(/C=C3\SC(=S)N(CCc4ccccc4)C3=O)c(NCc3ccco3)nc12. The summed E-state index contributed by atoms with van der Waals surface area (Å²) in [6.45, 7) is 2.72. The number of aryl methyl sites for hydroxylation is 1. The van der Waals surface area contributed by atoms with Gasteiger partial charge in [-0.2, -0.15) is 0 Å². The molecule has 0 bridgehead atoms. The monoisotopic (exact) mass is 502 g/mol. The summed E-state index contributed by atoms with van der Waals surface area (Å²) in [5.74, 6) is 0.881. The number of hydrogen-bond acceptors (Lipinski definition) is 7. The molecule has 4 heterocycles. The van der Waals surface area contributed by atoms with Crippen LogP contribution in [-0.2, 0) is 17.8 Å². The minimum atomic E-state index is -0.268. The van der Waals surface area contributed by atoms with E-state index in [4.69, 9.17) is 21.6 Å². The second-order valence-electron chi connectivity index (χ2n) is 8.07. The number of fused-ring (bicyclic) bond motifs is 1. The van der Waals surface area contributed by atoms with E-state index in [9.17, 15) is 9.59 Å². The molecule has 0 unspecified atom stereocenters. The second kappa shape index (κ2) is 9.89. The highest BCUT2D eigenvalue weighted by Crippen LogP contribution is 2.33. The van der Waals surface area contributed by atoms with E-state index < -0.39 is 0 Å². The maximum Gasteiger partial charge on any atom is 0.267 e. The van der Waals surface area contributed by atoms with Crippen molar-refractivity contribution < 1.29 is 9.21 Å². The van der Waals surface area contributed by atoms with Crippen LogP contribution in [0.15, 0.2) is 81.2 Å². The van der Waals surface area contributed by atoms with E-state index in [2.05, 4.69) is 5.32 Å².